The third kappa shape index (κ3) is 3.97. The average Bonchev–Trinajstić information content (AvgIpc) is 3.10. The van der Waals surface area contributed by atoms with E-state index in [1.165, 1.54) is 0 Å². The summed E-state index contributed by atoms with van der Waals surface area (Å²) in [4.78, 5) is 20.9. The molecule has 1 aliphatic rings. The predicted octanol–water partition coefficient (Wildman–Crippen LogP) is 2.39. The quantitative estimate of drug-likeness (QED) is 0.830. The Kier molecular flexibility index (Phi) is 5.31. The molecule has 25 heavy (non-hydrogen) atoms. The first kappa shape index (κ1) is 17.4. The molecule has 0 unspecified atom stereocenters. The van der Waals surface area contributed by atoms with Crippen molar-refractivity contribution in [3.05, 3.63) is 24.2 Å². The lowest BCUT2D eigenvalue weighted by Gasteiger charge is -2.36. The zero-order valence-electron chi connectivity index (χ0n) is 15.1. The van der Waals surface area contributed by atoms with Crippen LogP contribution in [0.15, 0.2) is 22.7 Å². The normalized spacial score (nSPS) is 15.0. The van der Waals surface area contributed by atoms with Crippen molar-refractivity contribution in [3.8, 4) is 11.5 Å². The number of hydrogen-bond donors (Lipinski definition) is 0. The first-order chi connectivity index (χ1) is 12.1. The molecule has 1 saturated heterocycles. The maximum absolute atomic E-state index is 12.2. The van der Waals surface area contributed by atoms with Crippen LogP contribution in [0, 0.1) is 5.92 Å². The minimum atomic E-state index is 0.236. The van der Waals surface area contributed by atoms with E-state index in [0.29, 0.717) is 43.6 Å². The summed E-state index contributed by atoms with van der Waals surface area (Å²) in [5.41, 5.74) is 0.844. The van der Waals surface area contributed by atoms with Crippen LogP contribution in [0.25, 0.3) is 11.5 Å². The highest BCUT2D eigenvalue weighted by molar-refractivity contribution is 5.77. The lowest BCUT2D eigenvalue weighted by Crippen LogP contribution is -2.49. The molecule has 0 aromatic carbocycles. The topological polar surface area (TPSA) is 75.4 Å². The Bertz CT molecular complexity index is 720. The number of hydrogen-bond acceptors (Lipinski definition) is 6. The third-order valence-electron chi connectivity index (χ3n) is 4.30. The van der Waals surface area contributed by atoms with E-state index in [0.717, 1.165) is 24.5 Å². The Morgan fingerprint density at radius 1 is 1.24 bits per heavy atom. The van der Waals surface area contributed by atoms with E-state index < -0.39 is 0 Å². The summed E-state index contributed by atoms with van der Waals surface area (Å²) in [6.07, 6.45) is 3.09. The number of carbonyl (C=O) groups is 1. The van der Waals surface area contributed by atoms with Crippen molar-refractivity contribution in [2.24, 2.45) is 5.92 Å². The Morgan fingerprint density at radius 2 is 2.00 bits per heavy atom. The second-order valence-electron chi connectivity index (χ2n) is 6.69. The Morgan fingerprint density at radius 3 is 2.64 bits per heavy atom. The lowest BCUT2D eigenvalue weighted by molar-refractivity contribution is -0.132. The summed E-state index contributed by atoms with van der Waals surface area (Å²) in [5.74, 6) is 2.58. The molecule has 2 aromatic heterocycles. The number of piperazine rings is 1. The SMILES string of the molecule is CCc1nnc(-c2cccnc2N2CCN(C(=O)CC(C)C)CC2)o1. The second-order valence-corrected chi connectivity index (χ2v) is 6.69. The molecule has 0 atom stereocenters. The van der Waals surface area contributed by atoms with Gasteiger partial charge in [-0.1, -0.05) is 20.8 Å². The zero-order chi connectivity index (χ0) is 17.8. The standard InChI is InChI=1S/C18H25N5O2/c1-4-15-20-21-18(25-15)14-6-5-7-19-17(14)23-10-8-22(9-11-23)16(24)12-13(2)3/h5-7,13H,4,8-12H2,1-3H3. The van der Waals surface area contributed by atoms with E-state index in [9.17, 15) is 4.79 Å². The second kappa shape index (κ2) is 7.63. The van der Waals surface area contributed by atoms with Crippen molar-refractivity contribution in [1.82, 2.24) is 20.1 Å². The molecule has 7 nitrogen and oxygen atoms in total. The number of rotatable bonds is 5. The highest BCUT2D eigenvalue weighted by atomic mass is 16.4. The molecule has 0 aliphatic carbocycles. The summed E-state index contributed by atoms with van der Waals surface area (Å²) in [5, 5.41) is 8.18. The van der Waals surface area contributed by atoms with Gasteiger partial charge in [0.15, 0.2) is 0 Å². The van der Waals surface area contributed by atoms with Gasteiger partial charge in [0.1, 0.15) is 5.82 Å². The molecule has 3 rings (SSSR count). The molecule has 7 heteroatoms. The van der Waals surface area contributed by atoms with Gasteiger partial charge in [-0.15, -0.1) is 10.2 Å². The molecule has 0 N–H and O–H groups in total. The molecule has 134 valence electrons. The fraction of sp³-hybridized carbons (Fsp3) is 0.556. The van der Waals surface area contributed by atoms with Gasteiger partial charge in [-0.3, -0.25) is 4.79 Å². The number of aryl methyl sites for hydroxylation is 1. The van der Waals surface area contributed by atoms with E-state index in [-0.39, 0.29) is 5.91 Å². The van der Waals surface area contributed by atoms with Crippen molar-refractivity contribution in [2.75, 3.05) is 31.1 Å². The van der Waals surface area contributed by atoms with E-state index in [4.69, 9.17) is 4.42 Å². The number of amides is 1. The summed E-state index contributed by atoms with van der Waals surface area (Å²) in [7, 11) is 0. The molecule has 0 bridgehead atoms. The average molecular weight is 343 g/mol. The molecule has 0 radical (unpaired) electrons. The van der Waals surface area contributed by atoms with Crippen molar-refractivity contribution in [2.45, 2.75) is 33.6 Å². The van der Waals surface area contributed by atoms with Crippen LogP contribution in [0.3, 0.4) is 0 Å². The largest absolute Gasteiger partial charge is 0.421 e. The predicted molar refractivity (Wildman–Crippen MR) is 95.2 cm³/mol. The van der Waals surface area contributed by atoms with E-state index >= 15 is 0 Å². The van der Waals surface area contributed by atoms with Crippen LogP contribution in [-0.4, -0.2) is 52.2 Å². The minimum absolute atomic E-state index is 0.236. The fourth-order valence-corrected chi connectivity index (χ4v) is 2.97. The van der Waals surface area contributed by atoms with Gasteiger partial charge in [0.05, 0.1) is 5.56 Å². The van der Waals surface area contributed by atoms with Crippen molar-refractivity contribution >= 4 is 11.7 Å². The number of nitrogens with zero attached hydrogens (tertiary/aromatic N) is 5. The van der Waals surface area contributed by atoms with Crippen LogP contribution in [-0.2, 0) is 11.2 Å². The monoisotopic (exact) mass is 343 g/mol. The van der Waals surface area contributed by atoms with Gasteiger partial charge in [0.2, 0.25) is 11.8 Å². The first-order valence-electron chi connectivity index (χ1n) is 8.89. The highest BCUT2D eigenvalue weighted by Gasteiger charge is 2.25. The van der Waals surface area contributed by atoms with E-state index in [2.05, 4.69) is 33.9 Å². The van der Waals surface area contributed by atoms with Crippen LogP contribution < -0.4 is 4.90 Å². The number of carbonyl (C=O) groups excluding carboxylic acids is 1. The summed E-state index contributed by atoms with van der Waals surface area (Å²) in [6.45, 7) is 9.06. The van der Waals surface area contributed by atoms with Crippen molar-refractivity contribution in [3.63, 3.8) is 0 Å². The molecule has 1 amide bonds. The first-order valence-corrected chi connectivity index (χ1v) is 8.89. The van der Waals surface area contributed by atoms with Gasteiger partial charge >= 0.3 is 0 Å². The molecular formula is C18H25N5O2. The molecule has 1 fully saturated rings. The zero-order valence-corrected chi connectivity index (χ0v) is 15.1. The smallest absolute Gasteiger partial charge is 0.251 e. The van der Waals surface area contributed by atoms with Gasteiger partial charge in [-0.25, -0.2) is 4.98 Å². The van der Waals surface area contributed by atoms with Gasteiger partial charge < -0.3 is 14.2 Å². The third-order valence-corrected chi connectivity index (χ3v) is 4.30. The molecule has 1 aliphatic heterocycles. The Hall–Kier alpha value is -2.44. The van der Waals surface area contributed by atoms with Crippen LogP contribution in [0.5, 0.6) is 0 Å². The number of anilines is 1. The molecular weight excluding hydrogens is 318 g/mol. The molecule has 2 aromatic rings. The molecule has 0 saturated carbocycles. The minimum Gasteiger partial charge on any atom is -0.421 e. The number of pyridine rings is 1. The number of aromatic nitrogens is 3. The van der Waals surface area contributed by atoms with Gasteiger partial charge in [-0.05, 0) is 18.1 Å². The van der Waals surface area contributed by atoms with Gasteiger partial charge in [0, 0.05) is 45.2 Å². The summed E-state index contributed by atoms with van der Waals surface area (Å²) < 4.78 is 5.70. The molecule has 0 spiro atoms. The van der Waals surface area contributed by atoms with Crippen LogP contribution >= 0.6 is 0 Å². The maximum Gasteiger partial charge on any atom is 0.251 e. The van der Waals surface area contributed by atoms with E-state index in [1.54, 1.807) is 6.20 Å². The summed E-state index contributed by atoms with van der Waals surface area (Å²) >= 11 is 0. The summed E-state index contributed by atoms with van der Waals surface area (Å²) in [6, 6.07) is 3.82. The van der Waals surface area contributed by atoms with Crippen molar-refractivity contribution < 1.29 is 9.21 Å². The Labute approximate surface area is 148 Å². The van der Waals surface area contributed by atoms with Gasteiger partial charge in [0.25, 0.3) is 5.89 Å². The lowest BCUT2D eigenvalue weighted by atomic mass is 10.1. The fourth-order valence-electron chi connectivity index (χ4n) is 2.97. The van der Waals surface area contributed by atoms with Crippen LogP contribution in [0.2, 0.25) is 0 Å². The van der Waals surface area contributed by atoms with Crippen LogP contribution in [0.1, 0.15) is 33.1 Å². The Balaban J connectivity index is 1.73. The maximum atomic E-state index is 12.2. The van der Waals surface area contributed by atoms with Gasteiger partial charge in [-0.2, -0.15) is 0 Å². The van der Waals surface area contributed by atoms with Crippen molar-refractivity contribution in [1.29, 1.82) is 0 Å². The highest BCUT2D eigenvalue weighted by Crippen LogP contribution is 2.28. The molecule has 3 heterocycles. The van der Waals surface area contributed by atoms with E-state index in [1.807, 2.05) is 24.0 Å². The van der Waals surface area contributed by atoms with Crippen LogP contribution in [0.4, 0.5) is 5.82 Å².